The number of nitrogens with one attached hydrogen (secondary N) is 2. The molecule has 0 spiro atoms. The molecule has 0 bridgehead atoms. The van der Waals surface area contributed by atoms with Crippen LogP contribution in [-0.2, 0) is 10.0 Å². The van der Waals surface area contributed by atoms with Gasteiger partial charge in [0.05, 0.1) is 0 Å². The van der Waals surface area contributed by atoms with Gasteiger partial charge in [0.1, 0.15) is 28.6 Å². The van der Waals surface area contributed by atoms with Crippen LogP contribution in [0.3, 0.4) is 0 Å². The van der Waals surface area contributed by atoms with E-state index < -0.39 is 27.0 Å². The summed E-state index contributed by atoms with van der Waals surface area (Å²) in [5, 5.41) is 2.92. The molecule has 0 saturated heterocycles. The van der Waals surface area contributed by atoms with Crippen molar-refractivity contribution in [1.82, 2.24) is 19.3 Å². The second kappa shape index (κ2) is 8.49. The summed E-state index contributed by atoms with van der Waals surface area (Å²) in [7, 11) is -4.21. The van der Waals surface area contributed by atoms with E-state index in [1.165, 1.54) is 18.5 Å². The molecule has 0 fully saturated rings. The molecule has 29 heavy (non-hydrogen) atoms. The molecule has 0 aliphatic carbocycles. The summed E-state index contributed by atoms with van der Waals surface area (Å²) >= 11 is 0. The number of halogens is 3. The largest absolute Gasteiger partial charge is 0.573 e. The van der Waals surface area contributed by atoms with Crippen molar-refractivity contribution in [2.45, 2.75) is 11.3 Å². The van der Waals surface area contributed by atoms with Crippen molar-refractivity contribution in [2.24, 2.45) is 0 Å². The number of sulfonamides is 1. The van der Waals surface area contributed by atoms with E-state index >= 15 is 0 Å². The minimum Gasteiger partial charge on any atom is -0.404 e. The molecule has 1 aromatic carbocycles. The van der Waals surface area contributed by atoms with Gasteiger partial charge in [0.2, 0.25) is 10.0 Å². The lowest BCUT2D eigenvalue weighted by Crippen LogP contribution is -2.30. The quantitative estimate of drug-likeness (QED) is 0.536. The molecule has 0 radical (unpaired) electrons. The summed E-state index contributed by atoms with van der Waals surface area (Å²) in [4.78, 5) is 7.56. The number of alkyl halides is 3. The van der Waals surface area contributed by atoms with E-state index in [4.69, 9.17) is 0 Å². The lowest BCUT2D eigenvalue weighted by molar-refractivity contribution is -0.275. The summed E-state index contributed by atoms with van der Waals surface area (Å²) in [6.07, 6.45) is -0.0361. The van der Waals surface area contributed by atoms with Crippen LogP contribution in [0.25, 0.3) is 5.82 Å². The van der Waals surface area contributed by atoms with E-state index in [1.54, 1.807) is 23.0 Å². The Hall–Kier alpha value is -3.12. The SMILES string of the molecule is O=S(=O)(NCCNc1cc(-n2cccc2)ncn1)c1ccccc1OC(F)(F)F. The fraction of sp³-hybridized carbons (Fsp3) is 0.176. The van der Waals surface area contributed by atoms with Crippen LogP contribution in [0.2, 0.25) is 0 Å². The zero-order valence-corrected chi connectivity index (χ0v) is 15.6. The van der Waals surface area contributed by atoms with Crippen LogP contribution in [0, 0.1) is 0 Å². The maximum Gasteiger partial charge on any atom is 0.573 e. The molecule has 2 aromatic heterocycles. The Morgan fingerprint density at radius 3 is 2.48 bits per heavy atom. The summed E-state index contributed by atoms with van der Waals surface area (Å²) < 4.78 is 69.9. The van der Waals surface area contributed by atoms with Gasteiger partial charge in [-0.05, 0) is 24.3 Å². The molecule has 2 N–H and O–H groups in total. The van der Waals surface area contributed by atoms with Gasteiger partial charge < -0.3 is 14.6 Å². The van der Waals surface area contributed by atoms with E-state index in [-0.39, 0.29) is 13.1 Å². The lowest BCUT2D eigenvalue weighted by atomic mass is 10.3. The summed E-state index contributed by atoms with van der Waals surface area (Å²) in [5.74, 6) is 0.280. The predicted molar refractivity (Wildman–Crippen MR) is 98.2 cm³/mol. The fourth-order valence-electron chi connectivity index (χ4n) is 2.41. The number of aromatic nitrogens is 3. The molecule has 0 aliphatic rings. The van der Waals surface area contributed by atoms with Crippen molar-refractivity contribution < 1.29 is 26.3 Å². The molecule has 0 atom stereocenters. The van der Waals surface area contributed by atoms with E-state index in [9.17, 15) is 21.6 Å². The highest BCUT2D eigenvalue weighted by Crippen LogP contribution is 2.29. The van der Waals surface area contributed by atoms with E-state index in [0.717, 1.165) is 12.1 Å². The van der Waals surface area contributed by atoms with E-state index in [1.807, 2.05) is 12.1 Å². The molecule has 0 aliphatic heterocycles. The van der Waals surface area contributed by atoms with Gasteiger partial charge in [-0.1, -0.05) is 12.1 Å². The highest BCUT2D eigenvalue weighted by molar-refractivity contribution is 7.89. The minimum atomic E-state index is -5.00. The van der Waals surface area contributed by atoms with Gasteiger partial charge in [0, 0.05) is 31.5 Å². The molecule has 0 saturated carbocycles. The first-order chi connectivity index (χ1) is 13.7. The van der Waals surface area contributed by atoms with E-state index in [2.05, 4.69) is 24.7 Å². The number of ether oxygens (including phenoxy) is 1. The topological polar surface area (TPSA) is 98.1 Å². The fourth-order valence-corrected chi connectivity index (χ4v) is 3.57. The average Bonchev–Trinajstić information content (AvgIpc) is 3.19. The third-order valence-electron chi connectivity index (χ3n) is 3.61. The molecule has 154 valence electrons. The number of para-hydroxylation sites is 1. The smallest absolute Gasteiger partial charge is 0.404 e. The van der Waals surface area contributed by atoms with Gasteiger partial charge in [0.25, 0.3) is 0 Å². The maximum atomic E-state index is 12.5. The molecule has 0 unspecified atom stereocenters. The first-order valence-corrected chi connectivity index (χ1v) is 9.77. The first kappa shape index (κ1) is 20.6. The molecular weight excluding hydrogens is 411 g/mol. The van der Waals surface area contributed by atoms with Gasteiger partial charge in [-0.25, -0.2) is 23.1 Å². The van der Waals surface area contributed by atoms with Crippen LogP contribution >= 0.6 is 0 Å². The average molecular weight is 427 g/mol. The van der Waals surface area contributed by atoms with E-state index in [0.29, 0.717) is 11.6 Å². The third kappa shape index (κ3) is 5.68. The number of rotatable bonds is 8. The minimum absolute atomic E-state index is 0.0917. The lowest BCUT2D eigenvalue weighted by Gasteiger charge is -2.14. The van der Waals surface area contributed by atoms with Crippen LogP contribution in [0.4, 0.5) is 19.0 Å². The number of hydrogen-bond acceptors (Lipinski definition) is 6. The third-order valence-corrected chi connectivity index (χ3v) is 5.11. The van der Waals surface area contributed by atoms with Crippen molar-refractivity contribution in [2.75, 3.05) is 18.4 Å². The Morgan fingerprint density at radius 2 is 1.76 bits per heavy atom. The molecular formula is C17H16F3N5O3S. The van der Waals surface area contributed by atoms with Crippen molar-refractivity contribution >= 4 is 15.8 Å². The molecule has 8 nitrogen and oxygen atoms in total. The van der Waals surface area contributed by atoms with Crippen LogP contribution in [-0.4, -0.2) is 42.4 Å². The van der Waals surface area contributed by atoms with Gasteiger partial charge in [0.15, 0.2) is 0 Å². The van der Waals surface area contributed by atoms with Gasteiger partial charge in [-0.3, -0.25) is 0 Å². The second-order valence-electron chi connectivity index (χ2n) is 5.67. The second-order valence-corrected chi connectivity index (χ2v) is 7.41. The predicted octanol–water partition coefficient (Wildman–Crippen LogP) is 2.56. The Balaban J connectivity index is 1.60. The van der Waals surface area contributed by atoms with Crippen LogP contribution < -0.4 is 14.8 Å². The number of anilines is 1. The molecule has 2 heterocycles. The standard InChI is InChI=1S/C17H16F3N5O3S/c18-17(19,20)28-13-5-1-2-6-14(13)29(26,27)24-8-7-21-15-11-16(23-12-22-15)25-9-3-4-10-25/h1-6,9-12,24H,7-8H2,(H,21,22,23). The zero-order valence-electron chi connectivity index (χ0n) is 14.8. The van der Waals surface area contributed by atoms with Gasteiger partial charge in [-0.2, -0.15) is 0 Å². The van der Waals surface area contributed by atoms with Crippen molar-refractivity contribution in [3.8, 4) is 11.6 Å². The normalized spacial score (nSPS) is 12.0. The Kier molecular flexibility index (Phi) is 6.03. The highest BCUT2D eigenvalue weighted by atomic mass is 32.2. The molecule has 0 amide bonds. The molecule has 3 aromatic rings. The Labute approximate surface area is 164 Å². The van der Waals surface area contributed by atoms with Crippen molar-refractivity contribution in [3.05, 3.63) is 61.2 Å². The molecule has 3 rings (SSSR count). The Morgan fingerprint density at radius 1 is 1.03 bits per heavy atom. The number of hydrogen-bond donors (Lipinski definition) is 2. The first-order valence-electron chi connectivity index (χ1n) is 8.28. The summed E-state index contributed by atoms with van der Waals surface area (Å²) in [6.45, 7) is 0.0508. The summed E-state index contributed by atoms with van der Waals surface area (Å²) in [5.41, 5.74) is 0. The zero-order chi connectivity index (χ0) is 20.9. The van der Waals surface area contributed by atoms with Crippen molar-refractivity contribution in [1.29, 1.82) is 0 Å². The maximum absolute atomic E-state index is 12.5. The van der Waals surface area contributed by atoms with Crippen LogP contribution in [0.1, 0.15) is 0 Å². The van der Waals surface area contributed by atoms with Gasteiger partial charge in [-0.15, -0.1) is 13.2 Å². The monoisotopic (exact) mass is 427 g/mol. The summed E-state index contributed by atoms with van der Waals surface area (Å²) in [6, 6.07) is 9.86. The Bertz CT molecular complexity index is 1060. The molecule has 12 heteroatoms. The van der Waals surface area contributed by atoms with Gasteiger partial charge >= 0.3 is 6.36 Å². The van der Waals surface area contributed by atoms with Crippen LogP contribution in [0.5, 0.6) is 5.75 Å². The number of benzene rings is 1. The van der Waals surface area contributed by atoms with Crippen LogP contribution in [0.15, 0.2) is 66.1 Å². The van der Waals surface area contributed by atoms with Crippen molar-refractivity contribution in [3.63, 3.8) is 0 Å². The highest BCUT2D eigenvalue weighted by Gasteiger charge is 2.33. The number of nitrogens with zero attached hydrogens (tertiary/aromatic N) is 3.